The molecule has 0 radical (unpaired) electrons. The number of ether oxygens (including phenoxy) is 1. The van der Waals surface area contributed by atoms with Gasteiger partial charge < -0.3 is 4.74 Å². The van der Waals surface area contributed by atoms with E-state index in [1.165, 1.54) is 4.88 Å². The van der Waals surface area contributed by atoms with Gasteiger partial charge in [0.1, 0.15) is 5.75 Å². The van der Waals surface area contributed by atoms with Gasteiger partial charge in [0.15, 0.2) is 5.13 Å². The second kappa shape index (κ2) is 7.32. The second-order valence-corrected chi connectivity index (χ2v) is 7.24. The number of aromatic nitrogens is 1. The van der Waals surface area contributed by atoms with Crippen LogP contribution in [0.3, 0.4) is 0 Å². The molecule has 0 fully saturated rings. The molecule has 3 rings (SSSR count). The highest BCUT2D eigenvalue weighted by Gasteiger charge is 2.20. The normalized spacial score (nSPS) is 14.5. The summed E-state index contributed by atoms with van der Waals surface area (Å²) in [6.07, 6.45) is 1.07. The molecule has 0 atom stereocenters. The third-order valence-electron chi connectivity index (χ3n) is 3.97. The van der Waals surface area contributed by atoms with Crippen molar-refractivity contribution in [3.05, 3.63) is 40.4 Å². The summed E-state index contributed by atoms with van der Waals surface area (Å²) in [6.45, 7) is 9.14. The Morgan fingerprint density at radius 1 is 1.38 bits per heavy atom. The van der Waals surface area contributed by atoms with Crippen molar-refractivity contribution in [2.75, 3.05) is 18.4 Å². The predicted molar refractivity (Wildman–Crippen MR) is 96.9 cm³/mol. The van der Waals surface area contributed by atoms with E-state index in [-0.39, 0.29) is 12.0 Å². The number of amides is 1. The fourth-order valence-electron chi connectivity index (χ4n) is 2.70. The number of thiazole rings is 1. The fraction of sp³-hybridized carbons (Fsp3) is 0.444. The number of anilines is 1. The number of fused-ring (bicyclic) bond motifs is 1. The first-order valence-corrected chi connectivity index (χ1v) is 9.15. The molecule has 5 nitrogen and oxygen atoms in total. The Kier molecular flexibility index (Phi) is 5.16. The molecule has 0 spiro atoms. The zero-order valence-corrected chi connectivity index (χ0v) is 15.2. The number of carbonyl (C=O) groups excluding carboxylic acids is 1. The number of likely N-dealkylation sites (N-methyl/N-ethyl adjacent to an activating group) is 1. The van der Waals surface area contributed by atoms with Crippen molar-refractivity contribution in [1.82, 2.24) is 9.88 Å². The van der Waals surface area contributed by atoms with Gasteiger partial charge in [-0.2, -0.15) is 0 Å². The topological polar surface area (TPSA) is 54.5 Å². The molecule has 2 aromatic rings. The predicted octanol–water partition coefficient (Wildman–Crippen LogP) is 3.56. The first-order chi connectivity index (χ1) is 11.5. The minimum absolute atomic E-state index is 0.119. The van der Waals surface area contributed by atoms with E-state index in [0.717, 1.165) is 37.5 Å². The molecule has 2 heterocycles. The molecular weight excluding hydrogens is 322 g/mol. The van der Waals surface area contributed by atoms with Crippen molar-refractivity contribution < 1.29 is 9.53 Å². The highest BCUT2D eigenvalue weighted by molar-refractivity contribution is 7.15. The van der Waals surface area contributed by atoms with E-state index >= 15 is 0 Å². The SMILES string of the molecule is CCN1CCc2nc(NC(=O)c3ccc(OC(C)C)cc3)sc2C1. The largest absolute Gasteiger partial charge is 0.491 e. The molecule has 0 saturated heterocycles. The molecule has 1 aromatic heterocycles. The molecule has 1 aromatic carbocycles. The maximum atomic E-state index is 12.4. The van der Waals surface area contributed by atoms with E-state index in [1.807, 2.05) is 26.0 Å². The summed E-state index contributed by atoms with van der Waals surface area (Å²) >= 11 is 1.58. The Balaban J connectivity index is 1.66. The fourth-order valence-corrected chi connectivity index (χ4v) is 3.74. The van der Waals surface area contributed by atoms with E-state index < -0.39 is 0 Å². The molecule has 6 heteroatoms. The Bertz CT molecular complexity index is 710. The van der Waals surface area contributed by atoms with Gasteiger partial charge in [0.05, 0.1) is 11.8 Å². The van der Waals surface area contributed by atoms with Crippen molar-refractivity contribution >= 4 is 22.4 Å². The summed E-state index contributed by atoms with van der Waals surface area (Å²) < 4.78 is 5.60. The Morgan fingerprint density at radius 2 is 2.12 bits per heavy atom. The van der Waals surface area contributed by atoms with Gasteiger partial charge >= 0.3 is 0 Å². The average molecular weight is 345 g/mol. The third kappa shape index (κ3) is 3.94. The van der Waals surface area contributed by atoms with Crippen LogP contribution in [0.5, 0.6) is 5.75 Å². The summed E-state index contributed by atoms with van der Waals surface area (Å²) in [4.78, 5) is 20.6. The lowest BCUT2D eigenvalue weighted by Gasteiger charge is -2.23. The van der Waals surface area contributed by atoms with Crippen LogP contribution in [-0.2, 0) is 13.0 Å². The lowest BCUT2D eigenvalue weighted by molar-refractivity contribution is 0.102. The van der Waals surface area contributed by atoms with Crippen LogP contribution in [-0.4, -0.2) is 35.0 Å². The highest BCUT2D eigenvalue weighted by atomic mass is 32.1. The molecule has 1 aliphatic rings. The minimum atomic E-state index is -0.135. The van der Waals surface area contributed by atoms with Crippen LogP contribution in [0.1, 0.15) is 41.7 Å². The first kappa shape index (κ1) is 16.9. The zero-order valence-electron chi connectivity index (χ0n) is 14.3. The van der Waals surface area contributed by atoms with Gasteiger partial charge in [-0.05, 0) is 44.7 Å². The summed E-state index contributed by atoms with van der Waals surface area (Å²) in [7, 11) is 0. The zero-order chi connectivity index (χ0) is 17.1. The smallest absolute Gasteiger partial charge is 0.257 e. The quantitative estimate of drug-likeness (QED) is 0.900. The van der Waals surface area contributed by atoms with Crippen molar-refractivity contribution in [2.45, 2.75) is 39.8 Å². The summed E-state index contributed by atoms with van der Waals surface area (Å²) in [6, 6.07) is 7.20. The van der Waals surface area contributed by atoms with Gasteiger partial charge in [-0.1, -0.05) is 6.92 Å². The molecule has 128 valence electrons. The van der Waals surface area contributed by atoms with Crippen molar-refractivity contribution in [3.63, 3.8) is 0 Å². The first-order valence-electron chi connectivity index (χ1n) is 8.34. The Morgan fingerprint density at radius 3 is 2.79 bits per heavy atom. The molecule has 0 aliphatic carbocycles. The number of rotatable bonds is 5. The Hall–Kier alpha value is -1.92. The van der Waals surface area contributed by atoms with E-state index in [0.29, 0.717) is 10.7 Å². The Labute approximate surface area is 146 Å². The molecule has 0 saturated carbocycles. The monoisotopic (exact) mass is 345 g/mol. The van der Waals surface area contributed by atoms with Gasteiger partial charge in [-0.3, -0.25) is 15.0 Å². The highest BCUT2D eigenvalue weighted by Crippen LogP contribution is 2.28. The van der Waals surface area contributed by atoms with Gasteiger partial charge in [0, 0.05) is 30.0 Å². The molecule has 0 unspecified atom stereocenters. The molecule has 1 N–H and O–H groups in total. The van der Waals surface area contributed by atoms with Crippen molar-refractivity contribution in [3.8, 4) is 5.75 Å². The standard InChI is InChI=1S/C18H23N3O2S/c1-4-21-10-9-15-16(11-21)24-18(19-15)20-17(22)13-5-7-14(8-6-13)23-12(2)3/h5-8,12H,4,9-11H2,1-3H3,(H,19,20,22). The van der Waals surface area contributed by atoms with Gasteiger partial charge in [-0.15, -0.1) is 11.3 Å². The van der Waals surface area contributed by atoms with E-state index in [4.69, 9.17) is 4.74 Å². The summed E-state index contributed by atoms with van der Waals surface area (Å²) in [5, 5.41) is 3.60. The van der Waals surface area contributed by atoms with Crippen molar-refractivity contribution in [2.24, 2.45) is 0 Å². The van der Waals surface area contributed by atoms with Crippen LogP contribution in [0.25, 0.3) is 0 Å². The van der Waals surface area contributed by atoms with Gasteiger partial charge in [-0.25, -0.2) is 4.98 Å². The van der Waals surface area contributed by atoms with E-state index in [9.17, 15) is 4.79 Å². The molecule has 1 amide bonds. The average Bonchev–Trinajstić information content (AvgIpc) is 2.96. The summed E-state index contributed by atoms with van der Waals surface area (Å²) in [5.41, 5.74) is 1.73. The lowest BCUT2D eigenvalue weighted by atomic mass is 10.2. The molecule has 24 heavy (non-hydrogen) atoms. The number of hydrogen-bond donors (Lipinski definition) is 1. The van der Waals surface area contributed by atoms with Crippen LogP contribution in [0.15, 0.2) is 24.3 Å². The lowest BCUT2D eigenvalue weighted by Crippen LogP contribution is -2.29. The number of nitrogens with zero attached hydrogens (tertiary/aromatic N) is 2. The third-order valence-corrected chi connectivity index (χ3v) is 4.96. The number of carbonyl (C=O) groups is 1. The second-order valence-electron chi connectivity index (χ2n) is 6.15. The molecule has 0 bridgehead atoms. The van der Waals surface area contributed by atoms with Gasteiger partial charge in [0.2, 0.25) is 0 Å². The van der Waals surface area contributed by atoms with Crippen LogP contribution in [0.4, 0.5) is 5.13 Å². The van der Waals surface area contributed by atoms with Crippen LogP contribution in [0, 0.1) is 0 Å². The van der Waals surface area contributed by atoms with E-state index in [2.05, 4.69) is 22.1 Å². The number of nitrogens with one attached hydrogen (secondary N) is 1. The van der Waals surface area contributed by atoms with Crippen LogP contribution in [0.2, 0.25) is 0 Å². The number of benzene rings is 1. The molecular formula is C18H23N3O2S. The van der Waals surface area contributed by atoms with Crippen molar-refractivity contribution in [1.29, 1.82) is 0 Å². The van der Waals surface area contributed by atoms with Crippen LogP contribution >= 0.6 is 11.3 Å². The maximum absolute atomic E-state index is 12.4. The van der Waals surface area contributed by atoms with Crippen LogP contribution < -0.4 is 10.1 Å². The number of hydrogen-bond acceptors (Lipinski definition) is 5. The van der Waals surface area contributed by atoms with Gasteiger partial charge in [0.25, 0.3) is 5.91 Å². The maximum Gasteiger partial charge on any atom is 0.257 e. The minimum Gasteiger partial charge on any atom is -0.491 e. The summed E-state index contributed by atoms with van der Waals surface area (Å²) in [5.74, 6) is 0.635. The molecule has 1 aliphatic heterocycles. The van der Waals surface area contributed by atoms with E-state index in [1.54, 1.807) is 23.5 Å².